The molecule has 0 aromatic heterocycles. The van der Waals surface area contributed by atoms with Crippen LogP contribution < -0.4 is 10.6 Å². The second-order valence-corrected chi connectivity index (χ2v) is 5.62. The zero-order valence-corrected chi connectivity index (χ0v) is 12.1. The van der Waals surface area contributed by atoms with Gasteiger partial charge in [0.2, 0.25) is 0 Å². The second-order valence-electron chi connectivity index (χ2n) is 5.62. The third-order valence-corrected chi connectivity index (χ3v) is 4.28. The van der Waals surface area contributed by atoms with Crippen LogP contribution in [0.4, 0.5) is 0 Å². The zero-order chi connectivity index (χ0) is 13.1. The van der Waals surface area contributed by atoms with E-state index in [4.69, 9.17) is 0 Å². The van der Waals surface area contributed by atoms with Crippen LogP contribution in [0.2, 0.25) is 0 Å². The molecule has 100 valence electrons. The lowest BCUT2D eigenvalue weighted by Crippen LogP contribution is -2.43. The molecule has 0 saturated carbocycles. The number of aryl methyl sites for hydroxylation is 3. The molecule has 1 aromatic carbocycles. The van der Waals surface area contributed by atoms with Crippen LogP contribution in [-0.2, 0) is 0 Å². The Bertz CT molecular complexity index is 406. The van der Waals surface area contributed by atoms with E-state index < -0.39 is 0 Å². The molecule has 1 aliphatic rings. The van der Waals surface area contributed by atoms with Crippen molar-refractivity contribution in [3.05, 3.63) is 34.4 Å². The van der Waals surface area contributed by atoms with Crippen molar-refractivity contribution in [2.75, 3.05) is 13.6 Å². The van der Waals surface area contributed by atoms with Gasteiger partial charge in [0.05, 0.1) is 0 Å². The summed E-state index contributed by atoms with van der Waals surface area (Å²) in [6, 6.07) is 5.69. The number of hydrogen-bond acceptors (Lipinski definition) is 2. The van der Waals surface area contributed by atoms with Crippen LogP contribution in [0.25, 0.3) is 0 Å². The Hall–Kier alpha value is -0.860. The normalized spacial score (nSPS) is 21.9. The van der Waals surface area contributed by atoms with Crippen LogP contribution in [-0.4, -0.2) is 19.6 Å². The van der Waals surface area contributed by atoms with E-state index in [1.807, 2.05) is 0 Å². The lowest BCUT2D eigenvalue weighted by atomic mass is 9.88. The van der Waals surface area contributed by atoms with Gasteiger partial charge in [-0.25, -0.2) is 0 Å². The van der Waals surface area contributed by atoms with Gasteiger partial charge in [-0.2, -0.15) is 0 Å². The molecule has 0 aliphatic carbocycles. The number of likely N-dealkylation sites (N-methyl/N-ethyl adjacent to an activating group) is 1. The van der Waals surface area contributed by atoms with Crippen molar-refractivity contribution in [3.8, 4) is 0 Å². The molecule has 2 unspecified atom stereocenters. The van der Waals surface area contributed by atoms with Crippen molar-refractivity contribution < 1.29 is 0 Å². The smallest absolute Gasteiger partial charge is 0.0476 e. The van der Waals surface area contributed by atoms with Gasteiger partial charge in [-0.3, -0.25) is 0 Å². The fraction of sp³-hybridized carbons (Fsp3) is 0.625. The Kier molecular flexibility index (Phi) is 4.41. The Balaban J connectivity index is 2.28. The van der Waals surface area contributed by atoms with Crippen LogP contribution in [0.5, 0.6) is 0 Å². The third kappa shape index (κ3) is 2.76. The average molecular weight is 246 g/mol. The number of nitrogens with one attached hydrogen (secondary N) is 2. The molecule has 1 saturated heterocycles. The predicted molar refractivity (Wildman–Crippen MR) is 78.1 cm³/mol. The highest BCUT2D eigenvalue weighted by molar-refractivity contribution is 5.39. The largest absolute Gasteiger partial charge is 0.312 e. The van der Waals surface area contributed by atoms with Gasteiger partial charge in [-0.15, -0.1) is 0 Å². The molecule has 1 fully saturated rings. The molecular weight excluding hydrogens is 220 g/mol. The first-order valence-corrected chi connectivity index (χ1v) is 7.12. The van der Waals surface area contributed by atoms with Crippen LogP contribution in [0.3, 0.4) is 0 Å². The molecule has 2 N–H and O–H groups in total. The van der Waals surface area contributed by atoms with Crippen molar-refractivity contribution in [1.29, 1.82) is 0 Å². The van der Waals surface area contributed by atoms with Gasteiger partial charge in [0.15, 0.2) is 0 Å². The Labute approximate surface area is 111 Å². The van der Waals surface area contributed by atoms with Gasteiger partial charge >= 0.3 is 0 Å². The van der Waals surface area contributed by atoms with Gasteiger partial charge in [0, 0.05) is 12.1 Å². The lowest BCUT2D eigenvalue weighted by molar-refractivity contribution is 0.326. The molecule has 1 heterocycles. The van der Waals surface area contributed by atoms with Crippen molar-refractivity contribution in [3.63, 3.8) is 0 Å². The van der Waals surface area contributed by atoms with Gasteiger partial charge in [0.25, 0.3) is 0 Å². The minimum absolute atomic E-state index is 0.435. The molecule has 2 nitrogen and oxygen atoms in total. The number of piperidine rings is 1. The van der Waals surface area contributed by atoms with Crippen LogP contribution >= 0.6 is 0 Å². The molecular formula is C16H26N2. The SMILES string of the molecule is CNC(c1cc(C)c(C)cc1C)C1CCCCN1. The summed E-state index contributed by atoms with van der Waals surface area (Å²) >= 11 is 0. The first-order chi connectivity index (χ1) is 8.63. The van der Waals surface area contributed by atoms with E-state index in [0.717, 1.165) is 6.54 Å². The van der Waals surface area contributed by atoms with E-state index in [1.54, 1.807) is 0 Å². The fourth-order valence-corrected chi connectivity index (χ4v) is 3.05. The molecule has 18 heavy (non-hydrogen) atoms. The minimum atomic E-state index is 0.435. The number of benzene rings is 1. The molecule has 2 rings (SSSR count). The maximum absolute atomic E-state index is 3.67. The van der Waals surface area contributed by atoms with E-state index in [1.165, 1.54) is 41.5 Å². The third-order valence-electron chi connectivity index (χ3n) is 4.28. The average Bonchev–Trinajstić information content (AvgIpc) is 2.38. The molecule has 2 heteroatoms. The first-order valence-electron chi connectivity index (χ1n) is 7.12. The van der Waals surface area contributed by atoms with Crippen molar-refractivity contribution >= 4 is 0 Å². The van der Waals surface area contributed by atoms with Gasteiger partial charge in [0.1, 0.15) is 0 Å². The lowest BCUT2D eigenvalue weighted by Gasteiger charge is -2.32. The maximum atomic E-state index is 3.67. The Morgan fingerprint density at radius 2 is 1.83 bits per heavy atom. The van der Waals surface area contributed by atoms with E-state index >= 15 is 0 Å². The van der Waals surface area contributed by atoms with Crippen molar-refractivity contribution in [2.45, 2.75) is 52.1 Å². The van der Waals surface area contributed by atoms with E-state index in [9.17, 15) is 0 Å². The molecule has 2 atom stereocenters. The Morgan fingerprint density at radius 1 is 1.11 bits per heavy atom. The molecule has 0 spiro atoms. The predicted octanol–water partition coefficient (Wildman–Crippen LogP) is 3.01. The quantitative estimate of drug-likeness (QED) is 0.856. The van der Waals surface area contributed by atoms with E-state index in [2.05, 4.69) is 50.6 Å². The molecule has 0 amide bonds. The summed E-state index contributed by atoms with van der Waals surface area (Å²) in [5.74, 6) is 0. The first kappa shape index (κ1) is 13.6. The second kappa shape index (κ2) is 5.85. The highest BCUT2D eigenvalue weighted by Gasteiger charge is 2.24. The standard InChI is InChI=1S/C16H26N2/c1-11-9-13(3)14(10-12(11)2)16(17-4)15-7-5-6-8-18-15/h9-10,15-18H,5-8H2,1-4H3. The molecule has 1 aliphatic heterocycles. The summed E-state index contributed by atoms with van der Waals surface area (Å²) in [6.07, 6.45) is 3.94. The maximum Gasteiger partial charge on any atom is 0.0476 e. The molecule has 1 aromatic rings. The summed E-state index contributed by atoms with van der Waals surface area (Å²) in [4.78, 5) is 0. The topological polar surface area (TPSA) is 24.1 Å². The van der Waals surface area contributed by atoms with Crippen molar-refractivity contribution in [1.82, 2.24) is 10.6 Å². The highest BCUT2D eigenvalue weighted by Crippen LogP contribution is 2.27. The summed E-state index contributed by atoms with van der Waals surface area (Å²) in [7, 11) is 2.08. The van der Waals surface area contributed by atoms with Gasteiger partial charge in [-0.05, 0) is 69.5 Å². The van der Waals surface area contributed by atoms with E-state index in [-0.39, 0.29) is 0 Å². The van der Waals surface area contributed by atoms with Crippen LogP contribution in [0.15, 0.2) is 12.1 Å². The Morgan fingerprint density at radius 3 is 2.44 bits per heavy atom. The van der Waals surface area contributed by atoms with Gasteiger partial charge < -0.3 is 10.6 Å². The summed E-state index contributed by atoms with van der Waals surface area (Å²) in [5, 5.41) is 7.18. The van der Waals surface area contributed by atoms with Gasteiger partial charge in [-0.1, -0.05) is 18.6 Å². The van der Waals surface area contributed by atoms with Crippen LogP contribution in [0, 0.1) is 20.8 Å². The molecule has 0 bridgehead atoms. The summed E-state index contributed by atoms with van der Waals surface area (Å²) in [6.45, 7) is 7.79. The summed E-state index contributed by atoms with van der Waals surface area (Å²) < 4.78 is 0. The fourth-order valence-electron chi connectivity index (χ4n) is 3.05. The monoisotopic (exact) mass is 246 g/mol. The molecule has 0 radical (unpaired) electrons. The van der Waals surface area contributed by atoms with Crippen LogP contribution in [0.1, 0.15) is 47.6 Å². The highest BCUT2D eigenvalue weighted by atomic mass is 15.0. The number of rotatable bonds is 3. The minimum Gasteiger partial charge on any atom is -0.312 e. The number of hydrogen-bond donors (Lipinski definition) is 2. The zero-order valence-electron chi connectivity index (χ0n) is 12.1. The van der Waals surface area contributed by atoms with E-state index in [0.29, 0.717) is 12.1 Å². The van der Waals surface area contributed by atoms with Crippen molar-refractivity contribution in [2.24, 2.45) is 0 Å². The summed E-state index contributed by atoms with van der Waals surface area (Å²) in [5.41, 5.74) is 5.65.